The lowest BCUT2D eigenvalue weighted by Crippen LogP contribution is -2.38. The summed E-state index contributed by atoms with van der Waals surface area (Å²) in [7, 11) is 1.62. The lowest BCUT2D eigenvalue weighted by Gasteiger charge is -2.16. The summed E-state index contributed by atoms with van der Waals surface area (Å²) >= 11 is 1.28. The molecular formula is C17H22FN5O2S. The zero-order chi connectivity index (χ0) is 19.1. The fraction of sp³-hybridized carbons (Fsp3) is 0.412. The number of guanidine groups is 1. The number of halogens is 1. The van der Waals surface area contributed by atoms with Gasteiger partial charge in [-0.25, -0.2) is 14.2 Å². The molecule has 2 aromatic heterocycles. The molecule has 0 aliphatic carbocycles. The van der Waals surface area contributed by atoms with Crippen molar-refractivity contribution in [3.8, 4) is 0 Å². The SMILES string of the molecule is CCOC(=O)c1sc(C(C)NC(=NC)NCc2ncccc2F)nc1C. The number of carbonyl (C=O) groups is 1. The predicted octanol–water partition coefficient (Wildman–Crippen LogP) is 2.59. The molecule has 0 radical (unpaired) electrons. The Balaban J connectivity index is 2.01. The second-order valence-electron chi connectivity index (χ2n) is 5.41. The Morgan fingerprint density at radius 2 is 2.27 bits per heavy atom. The molecular weight excluding hydrogens is 357 g/mol. The van der Waals surface area contributed by atoms with Crippen LogP contribution in [0.3, 0.4) is 0 Å². The first kappa shape index (κ1) is 19.8. The average Bonchev–Trinajstić information content (AvgIpc) is 3.02. The maximum Gasteiger partial charge on any atom is 0.350 e. The topological polar surface area (TPSA) is 88.5 Å². The number of rotatable bonds is 6. The highest BCUT2D eigenvalue weighted by Gasteiger charge is 2.20. The van der Waals surface area contributed by atoms with Crippen molar-refractivity contribution in [2.75, 3.05) is 13.7 Å². The molecule has 2 N–H and O–H groups in total. The molecule has 0 spiro atoms. The van der Waals surface area contributed by atoms with Crippen LogP contribution in [-0.2, 0) is 11.3 Å². The first-order chi connectivity index (χ1) is 12.5. The van der Waals surface area contributed by atoms with Gasteiger partial charge in [0.15, 0.2) is 5.96 Å². The van der Waals surface area contributed by atoms with Gasteiger partial charge in [-0.05, 0) is 32.9 Å². The normalized spacial score (nSPS) is 12.6. The molecule has 0 fully saturated rings. The van der Waals surface area contributed by atoms with Crippen molar-refractivity contribution >= 4 is 23.3 Å². The minimum Gasteiger partial charge on any atom is -0.462 e. The van der Waals surface area contributed by atoms with E-state index in [0.29, 0.717) is 28.8 Å². The second-order valence-corrected chi connectivity index (χ2v) is 6.44. The number of ether oxygens (including phenoxy) is 1. The predicted molar refractivity (Wildman–Crippen MR) is 98.8 cm³/mol. The van der Waals surface area contributed by atoms with Gasteiger partial charge < -0.3 is 15.4 Å². The maximum absolute atomic E-state index is 13.6. The third-order valence-corrected chi connectivity index (χ3v) is 4.80. The fourth-order valence-electron chi connectivity index (χ4n) is 2.17. The molecule has 140 valence electrons. The van der Waals surface area contributed by atoms with Crippen LogP contribution in [0.4, 0.5) is 4.39 Å². The lowest BCUT2D eigenvalue weighted by atomic mass is 10.3. The van der Waals surface area contributed by atoms with Gasteiger partial charge in [0, 0.05) is 13.2 Å². The van der Waals surface area contributed by atoms with Crippen molar-refractivity contribution in [3.05, 3.63) is 45.4 Å². The zero-order valence-corrected chi connectivity index (χ0v) is 16.0. The van der Waals surface area contributed by atoms with Crippen LogP contribution in [0.25, 0.3) is 0 Å². The third-order valence-electron chi connectivity index (χ3n) is 3.48. The lowest BCUT2D eigenvalue weighted by molar-refractivity contribution is 0.0531. The summed E-state index contributed by atoms with van der Waals surface area (Å²) in [6.45, 7) is 5.96. The van der Waals surface area contributed by atoms with Gasteiger partial charge >= 0.3 is 5.97 Å². The van der Waals surface area contributed by atoms with Crippen LogP contribution in [0.15, 0.2) is 23.3 Å². The monoisotopic (exact) mass is 379 g/mol. The molecule has 26 heavy (non-hydrogen) atoms. The maximum atomic E-state index is 13.6. The van der Waals surface area contributed by atoms with Crippen LogP contribution in [0.2, 0.25) is 0 Å². The number of pyridine rings is 1. The van der Waals surface area contributed by atoms with Crippen molar-refractivity contribution < 1.29 is 13.9 Å². The van der Waals surface area contributed by atoms with Crippen LogP contribution in [-0.4, -0.2) is 35.6 Å². The first-order valence-electron chi connectivity index (χ1n) is 8.17. The summed E-state index contributed by atoms with van der Waals surface area (Å²) in [5.41, 5.74) is 0.938. The Hall–Kier alpha value is -2.55. The molecule has 1 unspecified atom stereocenters. The van der Waals surface area contributed by atoms with Crippen molar-refractivity contribution in [1.29, 1.82) is 0 Å². The Morgan fingerprint density at radius 3 is 2.92 bits per heavy atom. The van der Waals surface area contributed by atoms with E-state index < -0.39 is 0 Å². The van der Waals surface area contributed by atoms with Crippen LogP contribution in [0.5, 0.6) is 0 Å². The van der Waals surface area contributed by atoms with Crippen molar-refractivity contribution in [2.45, 2.75) is 33.4 Å². The highest BCUT2D eigenvalue weighted by atomic mass is 32.1. The Kier molecular flexibility index (Phi) is 7.02. The van der Waals surface area contributed by atoms with E-state index in [1.165, 1.54) is 23.6 Å². The van der Waals surface area contributed by atoms with Gasteiger partial charge in [-0.2, -0.15) is 0 Å². The van der Waals surface area contributed by atoms with Crippen LogP contribution in [0.1, 0.15) is 46.0 Å². The second kappa shape index (κ2) is 9.23. The van der Waals surface area contributed by atoms with E-state index in [-0.39, 0.29) is 24.4 Å². The minimum atomic E-state index is -0.377. The number of aryl methyl sites for hydroxylation is 1. The highest BCUT2D eigenvalue weighted by Crippen LogP contribution is 2.24. The molecule has 0 bridgehead atoms. The van der Waals surface area contributed by atoms with Gasteiger partial charge in [-0.1, -0.05) is 0 Å². The van der Waals surface area contributed by atoms with E-state index in [1.54, 1.807) is 27.0 Å². The van der Waals surface area contributed by atoms with Gasteiger partial charge in [0.05, 0.1) is 30.6 Å². The Bertz CT molecular complexity index is 793. The molecule has 7 nitrogen and oxygen atoms in total. The van der Waals surface area contributed by atoms with Crippen molar-refractivity contribution in [2.24, 2.45) is 4.99 Å². The molecule has 0 saturated carbocycles. The Labute approximate surface area is 155 Å². The van der Waals surface area contributed by atoms with E-state index >= 15 is 0 Å². The number of thiazole rings is 1. The molecule has 2 aromatic rings. The van der Waals surface area contributed by atoms with Gasteiger partial charge in [-0.15, -0.1) is 11.3 Å². The van der Waals surface area contributed by atoms with Gasteiger partial charge in [0.2, 0.25) is 0 Å². The molecule has 0 aliphatic heterocycles. The van der Waals surface area contributed by atoms with Gasteiger partial charge in [0.1, 0.15) is 15.7 Å². The minimum absolute atomic E-state index is 0.193. The number of aromatic nitrogens is 2. The first-order valence-corrected chi connectivity index (χ1v) is 8.98. The van der Waals surface area contributed by atoms with E-state index in [9.17, 15) is 9.18 Å². The van der Waals surface area contributed by atoms with Crippen LogP contribution >= 0.6 is 11.3 Å². The van der Waals surface area contributed by atoms with Crippen molar-refractivity contribution in [3.63, 3.8) is 0 Å². The van der Waals surface area contributed by atoms with Gasteiger partial charge in [-0.3, -0.25) is 9.98 Å². The van der Waals surface area contributed by atoms with Crippen molar-refractivity contribution in [1.82, 2.24) is 20.6 Å². The number of nitrogens with zero attached hydrogens (tertiary/aromatic N) is 3. The molecule has 2 heterocycles. The average molecular weight is 379 g/mol. The highest BCUT2D eigenvalue weighted by molar-refractivity contribution is 7.13. The zero-order valence-electron chi connectivity index (χ0n) is 15.2. The largest absolute Gasteiger partial charge is 0.462 e. The summed E-state index contributed by atoms with van der Waals surface area (Å²) in [6.07, 6.45) is 1.54. The summed E-state index contributed by atoms with van der Waals surface area (Å²) in [5.74, 6) is -0.264. The number of esters is 1. The van der Waals surface area contributed by atoms with Crippen LogP contribution in [0, 0.1) is 12.7 Å². The molecule has 0 amide bonds. The number of hydrogen-bond donors (Lipinski definition) is 2. The molecule has 0 aliphatic rings. The summed E-state index contributed by atoms with van der Waals surface area (Å²) in [5, 5.41) is 6.92. The molecule has 2 rings (SSSR count). The Morgan fingerprint density at radius 1 is 1.50 bits per heavy atom. The number of aliphatic imine (C=N–C) groups is 1. The molecule has 9 heteroatoms. The molecule has 0 saturated heterocycles. The van der Waals surface area contributed by atoms with Crippen LogP contribution < -0.4 is 10.6 Å². The van der Waals surface area contributed by atoms with Gasteiger partial charge in [0.25, 0.3) is 0 Å². The number of nitrogens with one attached hydrogen (secondary N) is 2. The van der Waals surface area contributed by atoms with E-state index in [0.717, 1.165) is 5.01 Å². The fourth-order valence-corrected chi connectivity index (χ4v) is 3.13. The third kappa shape index (κ3) is 4.98. The standard InChI is InChI=1S/C17H22FN5O2S/c1-5-25-16(24)14-10(2)22-15(26-14)11(3)23-17(19-4)21-9-13-12(18)7-6-8-20-13/h6-8,11H,5,9H2,1-4H3,(H2,19,21,23). The molecule has 1 atom stereocenters. The van der Waals surface area contributed by atoms with E-state index in [1.807, 2.05) is 6.92 Å². The summed E-state index contributed by atoms with van der Waals surface area (Å²) in [4.78, 5) is 25.0. The summed E-state index contributed by atoms with van der Waals surface area (Å²) < 4.78 is 18.7. The van der Waals surface area contributed by atoms with E-state index in [2.05, 4.69) is 25.6 Å². The smallest absolute Gasteiger partial charge is 0.350 e. The number of carbonyl (C=O) groups excluding carboxylic acids is 1. The van der Waals surface area contributed by atoms with E-state index in [4.69, 9.17) is 4.74 Å². The summed E-state index contributed by atoms with van der Waals surface area (Å²) in [6, 6.07) is 2.71. The quantitative estimate of drug-likeness (QED) is 0.456. The number of hydrogen-bond acceptors (Lipinski definition) is 6. The molecule has 0 aromatic carbocycles.